The van der Waals surface area contributed by atoms with Crippen LogP contribution in [0.25, 0.3) is 0 Å². The second kappa shape index (κ2) is 19.9. The van der Waals surface area contributed by atoms with Crippen LogP contribution in [0, 0.1) is 0 Å². The van der Waals surface area contributed by atoms with Crippen molar-refractivity contribution in [3.05, 3.63) is 0 Å². The first-order valence-electron chi connectivity index (χ1n) is 7.44. The number of hydrogen-bond donors (Lipinski definition) is 2. The molecule has 7 heteroatoms. The number of nitrogens with zero attached hydrogens (tertiary/aromatic N) is 1. The van der Waals surface area contributed by atoms with Crippen LogP contribution in [0.15, 0.2) is 4.99 Å². The van der Waals surface area contributed by atoms with Crippen LogP contribution in [0.1, 0.15) is 26.2 Å². The quantitative estimate of drug-likeness (QED) is 0.207. The van der Waals surface area contributed by atoms with Crippen LogP contribution in [0.4, 0.5) is 0 Å². The fourth-order valence-electron chi connectivity index (χ4n) is 1.44. The van der Waals surface area contributed by atoms with E-state index < -0.39 is 0 Å². The minimum atomic E-state index is 0. The van der Waals surface area contributed by atoms with Gasteiger partial charge in [-0.3, -0.25) is 4.99 Å². The molecule has 0 aromatic rings. The number of halogens is 1. The SMILES string of the molecule is CCCCOCCCNC(=NC)NCCOCCOC.I. The molecule has 0 atom stereocenters. The summed E-state index contributed by atoms with van der Waals surface area (Å²) in [7, 11) is 3.43. The molecule has 128 valence electrons. The maximum absolute atomic E-state index is 5.49. The molecule has 2 N–H and O–H groups in total. The maximum Gasteiger partial charge on any atom is 0.191 e. The number of guanidine groups is 1. The van der Waals surface area contributed by atoms with Crippen molar-refractivity contribution in [2.45, 2.75) is 26.2 Å². The second-order valence-corrected chi connectivity index (χ2v) is 4.35. The highest BCUT2D eigenvalue weighted by atomic mass is 127. The van der Waals surface area contributed by atoms with Crippen LogP contribution in [-0.4, -0.2) is 66.2 Å². The smallest absolute Gasteiger partial charge is 0.191 e. The third-order valence-electron chi connectivity index (χ3n) is 2.59. The molecular formula is C14H32IN3O3. The minimum Gasteiger partial charge on any atom is -0.382 e. The topological polar surface area (TPSA) is 64.1 Å². The van der Waals surface area contributed by atoms with Gasteiger partial charge in [-0.25, -0.2) is 0 Å². The molecule has 21 heavy (non-hydrogen) atoms. The molecule has 0 aliphatic heterocycles. The number of hydrogen-bond acceptors (Lipinski definition) is 4. The zero-order valence-corrected chi connectivity index (χ0v) is 16.0. The number of nitrogens with one attached hydrogen (secondary N) is 2. The molecule has 0 aliphatic rings. The van der Waals surface area contributed by atoms with Crippen LogP contribution in [-0.2, 0) is 14.2 Å². The molecule has 0 saturated heterocycles. The van der Waals surface area contributed by atoms with Gasteiger partial charge in [0.15, 0.2) is 5.96 Å². The van der Waals surface area contributed by atoms with Crippen molar-refractivity contribution >= 4 is 29.9 Å². The van der Waals surface area contributed by atoms with Crippen LogP contribution in [0.2, 0.25) is 0 Å². The number of ether oxygens (including phenoxy) is 3. The Hall–Kier alpha value is -0.120. The Labute approximate surface area is 146 Å². The van der Waals surface area contributed by atoms with E-state index in [1.807, 2.05) is 0 Å². The lowest BCUT2D eigenvalue weighted by molar-refractivity contribution is 0.0733. The van der Waals surface area contributed by atoms with E-state index in [1.165, 1.54) is 6.42 Å². The van der Waals surface area contributed by atoms with Crippen molar-refractivity contribution in [2.75, 3.05) is 60.3 Å². The number of unbranched alkanes of at least 4 members (excludes halogenated alkanes) is 1. The van der Waals surface area contributed by atoms with Gasteiger partial charge in [0, 0.05) is 40.5 Å². The average Bonchev–Trinajstić information content (AvgIpc) is 2.47. The third kappa shape index (κ3) is 17.8. The van der Waals surface area contributed by atoms with E-state index in [4.69, 9.17) is 14.2 Å². The number of rotatable bonds is 13. The molecule has 0 radical (unpaired) electrons. The summed E-state index contributed by atoms with van der Waals surface area (Å²) in [5, 5.41) is 6.43. The first kappa shape index (κ1) is 23.2. The van der Waals surface area contributed by atoms with Crippen molar-refractivity contribution < 1.29 is 14.2 Å². The molecule has 0 bridgehead atoms. The third-order valence-corrected chi connectivity index (χ3v) is 2.59. The zero-order valence-electron chi connectivity index (χ0n) is 13.7. The predicted octanol–water partition coefficient (Wildman–Crippen LogP) is 1.64. The van der Waals surface area contributed by atoms with E-state index in [2.05, 4.69) is 22.5 Å². The first-order valence-corrected chi connectivity index (χ1v) is 7.44. The fraction of sp³-hybridized carbons (Fsp3) is 0.929. The van der Waals surface area contributed by atoms with E-state index in [9.17, 15) is 0 Å². The van der Waals surface area contributed by atoms with Gasteiger partial charge in [-0.05, 0) is 12.8 Å². The lowest BCUT2D eigenvalue weighted by Gasteiger charge is -2.12. The standard InChI is InChI=1S/C14H31N3O3.HI/c1-4-5-9-19-10-6-7-16-14(15-2)17-8-11-20-13-12-18-3;/h4-13H2,1-3H3,(H2,15,16,17);1H. The molecule has 0 aromatic carbocycles. The lowest BCUT2D eigenvalue weighted by atomic mass is 10.4. The van der Waals surface area contributed by atoms with Gasteiger partial charge in [-0.15, -0.1) is 24.0 Å². The van der Waals surface area contributed by atoms with Crippen molar-refractivity contribution in [3.8, 4) is 0 Å². The van der Waals surface area contributed by atoms with Crippen LogP contribution >= 0.6 is 24.0 Å². The number of aliphatic imine (C=N–C) groups is 1. The molecule has 0 aliphatic carbocycles. The summed E-state index contributed by atoms with van der Waals surface area (Å²) in [6, 6.07) is 0. The van der Waals surface area contributed by atoms with Gasteiger partial charge < -0.3 is 24.8 Å². The van der Waals surface area contributed by atoms with E-state index >= 15 is 0 Å². The van der Waals surface area contributed by atoms with Gasteiger partial charge in [-0.1, -0.05) is 13.3 Å². The van der Waals surface area contributed by atoms with Gasteiger partial charge in [-0.2, -0.15) is 0 Å². The molecule has 0 aromatic heterocycles. The molecular weight excluding hydrogens is 385 g/mol. The van der Waals surface area contributed by atoms with Gasteiger partial charge in [0.05, 0.1) is 19.8 Å². The fourth-order valence-corrected chi connectivity index (χ4v) is 1.44. The average molecular weight is 417 g/mol. The highest BCUT2D eigenvalue weighted by molar-refractivity contribution is 14.0. The minimum absolute atomic E-state index is 0. The summed E-state index contributed by atoms with van der Waals surface area (Å²) in [4.78, 5) is 4.14. The summed E-state index contributed by atoms with van der Waals surface area (Å²) in [6.45, 7) is 7.31. The summed E-state index contributed by atoms with van der Waals surface area (Å²) >= 11 is 0. The molecule has 0 amide bonds. The monoisotopic (exact) mass is 417 g/mol. The maximum atomic E-state index is 5.49. The van der Waals surface area contributed by atoms with Crippen LogP contribution in [0.3, 0.4) is 0 Å². The van der Waals surface area contributed by atoms with Gasteiger partial charge in [0.25, 0.3) is 0 Å². The Balaban J connectivity index is 0. The normalized spacial score (nSPS) is 11.1. The second-order valence-electron chi connectivity index (χ2n) is 4.35. The molecule has 0 saturated carbocycles. The summed E-state index contributed by atoms with van der Waals surface area (Å²) in [5.41, 5.74) is 0. The summed E-state index contributed by atoms with van der Waals surface area (Å²) < 4.78 is 15.8. The van der Waals surface area contributed by atoms with Crippen LogP contribution in [0.5, 0.6) is 0 Å². The van der Waals surface area contributed by atoms with Crippen molar-refractivity contribution in [2.24, 2.45) is 4.99 Å². The van der Waals surface area contributed by atoms with Crippen molar-refractivity contribution in [3.63, 3.8) is 0 Å². The molecule has 0 spiro atoms. The predicted molar refractivity (Wildman–Crippen MR) is 97.8 cm³/mol. The van der Waals surface area contributed by atoms with Crippen molar-refractivity contribution in [1.82, 2.24) is 10.6 Å². The highest BCUT2D eigenvalue weighted by Gasteiger charge is 1.96. The lowest BCUT2D eigenvalue weighted by Crippen LogP contribution is -2.39. The van der Waals surface area contributed by atoms with E-state index in [1.54, 1.807) is 14.2 Å². The molecule has 6 nitrogen and oxygen atoms in total. The largest absolute Gasteiger partial charge is 0.382 e. The Morgan fingerprint density at radius 3 is 2.24 bits per heavy atom. The van der Waals surface area contributed by atoms with E-state index in [-0.39, 0.29) is 24.0 Å². The Morgan fingerprint density at radius 1 is 0.905 bits per heavy atom. The molecule has 0 rings (SSSR count). The number of methoxy groups -OCH3 is 1. The van der Waals surface area contributed by atoms with E-state index in [0.717, 1.165) is 45.1 Å². The van der Waals surface area contributed by atoms with Crippen LogP contribution < -0.4 is 10.6 Å². The Kier molecular flexibility index (Phi) is 21.9. The molecule has 0 unspecified atom stereocenters. The van der Waals surface area contributed by atoms with Crippen molar-refractivity contribution in [1.29, 1.82) is 0 Å². The Morgan fingerprint density at radius 2 is 1.57 bits per heavy atom. The summed E-state index contributed by atoms with van der Waals surface area (Å²) in [5.74, 6) is 0.800. The first-order chi connectivity index (χ1) is 9.85. The summed E-state index contributed by atoms with van der Waals surface area (Å²) in [6.07, 6.45) is 3.30. The van der Waals surface area contributed by atoms with Gasteiger partial charge >= 0.3 is 0 Å². The zero-order chi connectivity index (χ0) is 14.9. The molecule has 0 fully saturated rings. The molecule has 0 heterocycles. The van der Waals surface area contributed by atoms with Gasteiger partial charge in [0.1, 0.15) is 0 Å². The van der Waals surface area contributed by atoms with Gasteiger partial charge in [0.2, 0.25) is 0 Å². The Bertz CT molecular complexity index is 232. The van der Waals surface area contributed by atoms with E-state index in [0.29, 0.717) is 19.8 Å². The highest BCUT2D eigenvalue weighted by Crippen LogP contribution is 1.89.